The molecule has 0 bridgehead atoms. The highest BCUT2D eigenvalue weighted by molar-refractivity contribution is 6.02. The smallest absolute Gasteiger partial charge is 0.354 e. The number of rotatable bonds is 3. The number of hydrogen-bond acceptors (Lipinski definition) is 4. The minimum atomic E-state index is -1.20. The fourth-order valence-corrected chi connectivity index (χ4v) is 2.17. The summed E-state index contributed by atoms with van der Waals surface area (Å²) in [6.07, 6.45) is 2.89. The molecule has 18 heavy (non-hydrogen) atoms. The van der Waals surface area contributed by atoms with Gasteiger partial charge in [-0.1, -0.05) is 0 Å². The Balaban J connectivity index is 2.15. The van der Waals surface area contributed by atoms with Gasteiger partial charge in [0.15, 0.2) is 11.4 Å². The second-order valence-electron chi connectivity index (χ2n) is 4.37. The van der Waals surface area contributed by atoms with Crippen molar-refractivity contribution in [2.75, 3.05) is 19.7 Å². The van der Waals surface area contributed by atoms with Crippen LogP contribution in [0.5, 0.6) is 0 Å². The maximum absolute atomic E-state index is 12.1. The molecule has 1 saturated heterocycles. The number of aliphatic hydroxyl groups excluding tert-OH is 1. The molecule has 0 spiro atoms. The molecule has 0 radical (unpaired) electrons. The number of aliphatic hydroxyl groups is 1. The van der Waals surface area contributed by atoms with Crippen LogP contribution in [-0.4, -0.2) is 56.7 Å². The lowest BCUT2D eigenvalue weighted by molar-refractivity contribution is 0.0596. The van der Waals surface area contributed by atoms with Crippen LogP contribution in [0.25, 0.3) is 0 Å². The van der Waals surface area contributed by atoms with Crippen molar-refractivity contribution in [3.8, 4) is 0 Å². The first-order valence-electron chi connectivity index (χ1n) is 5.80. The van der Waals surface area contributed by atoms with Crippen LogP contribution in [0.15, 0.2) is 6.33 Å². The zero-order valence-electron chi connectivity index (χ0n) is 9.80. The van der Waals surface area contributed by atoms with Crippen LogP contribution < -0.4 is 0 Å². The average Bonchev–Trinajstić information content (AvgIpc) is 2.87. The van der Waals surface area contributed by atoms with Crippen LogP contribution in [0.1, 0.15) is 33.8 Å². The number of aromatic amines is 1. The third kappa shape index (κ3) is 2.35. The Bertz CT molecular complexity index is 457. The zero-order chi connectivity index (χ0) is 13.1. The van der Waals surface area contributed by atoms with Gasteiger partial charge in [-0.2, -0.15) is 0 Å². The van der Waals surface area contributed by atoms with E-state index in [9.17, 15) is 9.59 Å². The van der Waals surface area contributed by atoms with Crippen LogP contribution in [0.4, 0.5) is 0 Å². The number of nitrogens with zero attached hydrogens (tertiary/aromatic N) is 2. The summed E-state index contributed by atoms with van der Waals surface area (Å²) in [6.45, 7) is 1.05. The van der Waals surface area contributed by atoms with E-state index in [1.807, 2.05) is 0 Å². The average molecular weight is 253 g/mol. The fourth-order valence-electron chi connectivity index (χ4n) is 2.17. The predicted molar refractivity (Wildman–Crippen MR) is 61.3 cm³/mol. The monoisotopic (exact) mass is 253 g/mol. The minimum absolute atomic E-state index is 0.0378. The van der Waals surface area contributed by atoms with E-state index in [2.05, 4.69) is 9.97 Å². The van der Waals surface area contributed by atoms with E-state index in [0.29, 0.717) is 13.1 Å². The Morgan fingerprint density at radius 3 is 3.00 bits per heavy atom. The Morgan fingerprint density at radius 1 is 1.56 bits per heavy atom. The topological polar surface area (TPSA) is 107 Å². The first-order chi connectivity index (χ1) is 8.63. The van der Waals surface area contributed by atoms with Crippen molar-refractivity contribution in [2.24, 2.45) is 5.92 Å². The van der Waals surface area contributed by atoms with Crippen LogP contribution in [-0.2, 0) is 0 Å². The Kier molecular flexibility index (Phi) is 3.61. The summed E-state index contributed by atoms with van der Waals surface area (Å²) in [6, 6.07) is 0. The van der Waals surface area contributed by atoms with E-state index in [0.717, 1.165) is 12.8 Å². The predicted octanol–water partition coefficient (Wildman–Crippen LogP) is -0.0476. The number of amides is 1. The van der Waals surface area contributed by atoms with Gasteiger partial charge in [0.2, 0.25) is 0 Å². The number of carbonyl (C=O) groups is 2. The van der Waals surface area contributed by atoms with Crippen molar-refractivity contribution in [1.82, 2.24) is 14.9 Å². The van der Waals surface area contributed by atoms with E-state index in [-0.39, 0.29) is 23.9 Å². The van der Waals surface area contributed by atoms with Crippen molar-refractivity contribution >= 4 is 11.9 Å². The number of H-pyrrole nitrogens is 1. The highest BCUT2D eigenvalue weighted by Gasteiger charge is 2.28. The lowest BCUT2D eigenvalue weighted by Crippen LogP contribution is -2.41. The van der Waals surface area contributed by atoms with Crippen molar-refractivity contribution in [2.45, 2.75) is 12.8 Å². The van der Waals surface area contributed by atoms with E-state index in [1.54, 1.807) is 4.90 Å². The van der Waals surface area contributed by atoms with Gasteiger partial charge in [-0.3, -0.25) is 4.79 Å². The molecule has 1 aromatic rings. The number of imidazole rings is 1. The Labute approximate surface area is 103 Å². The third-order valence-electron chi connectivity index (χ3n) is 3.12. The normalized spacial score (nSPS) is 19.8. The molecule has 3 N–H and O–H groups in total. The molecule has 2 rings (SSSR count). The third-order valence-corrected chi connectivity index (χ3v) is 3.12. The number of hydrogen-bond donors (Lipinski definition) is 3. The molecule has 2 heterocycles. The van der Waals surface area contributed by atoms with Gasteiger partial charge < -0.3 is 20.1 Å². The molecule has 1 aliphatic heterocycles. The molecule has 1 fully saturated rings. The maximum atomic E-state index is 12.1. The van der Waals surface area contributed by atoms with E-state index >= 15 is 0 Å². The van der Waals surface area contributed by atoms with Gasteiger partial charge in [0.25, 0.3) is 5.91 Å². The second-order valence-corrected chi connectivity index (χ2v) is 4.37. The molecule has 0 aliphatic carbocycles. The molecule has 0 saturated carbocycles. The van der Waals surface area contributed by atoms with Gasteiger partial charge in [-0.15, -0.1) is 0 Å². The highest BCUT2D eigenvalue weighted by Crippen LogP contribution is 2.18. The minimum Gasteiger partial charge on any atom is -0.477 e. The molecule has 98 valence electrons. The SMILES string of the molecule is O=C(O)c1[nH]cnc1C(=O)N1CCCC(CO)C1. The summed E-state index contributed by atoms with van der Waals surface area (Å²) in [4.78, 5) is 30.8. The molecule has 1 aromatic heterocycles. The number of carboxylic acids is 1. The van der Waals surface area contributed by atoms with Crippen molar-refractivity contribution < 1.29 is 19.8 Å². The van der Waals surface area contributed by atoms with Crippen LogP contribution in [0.2, 0.25) is 0 Å². The summed E-state index contributed by atoms with van der Waals surface area (Å²) >= 11 is 0. The summed E-state index contributed by atoms with van der Waals surface area (Å²) in [5.74, 6) is -1.53. The molecular formula is C11H15N3O4. The molecular weight excluding hydrogens is 238 g/mol. The molecule has 7 heteroatoms. The van der Waals surface area contributed by atoms with Crippen molar-refractivity contribution in [1.29, 1.82) is 0 Å². The number of aromatic nitrogens is 2. The largest absolute Gasteiger partial charge is 0.477 e. The van der Waals surface area contributed by atoms with Crippen molar-refractivity contribution in [3.63, 3.8) is 0 Å². The van der Waals surface area contributed by atoms with Gasteiger partial charge in [0, 0.05) is 19.7 Å². The molecule has 1 unspecified atom stereocenters. The molecule has 0 aromatic carbocycles. The number of aromatic carboxylic acids is 1. The summed E-state index contributed by atoms with van der Waals surface area (Å²) in [5, 5.41) is 18.0. The Hall–Kier alpha value is -1.89. The highest BCUT2D eigenvalue weighted by atomic mass is 16.4. The zero-order valence-corrected chi connectivity index (χ0v) is 9.80. The summed E-state index contributed by atoms with van der Waals surface area (Å²) in [5.41, 5.74) is -0.257. The quantitative estimate of drug-likeness (QED) is 0.700. The molecule has 7 nitrogen and oxygen atoms in total. The van der Waals surface area contributed by atoms with E-state index in [4.69, 9.17) is 10.2 Å². The second kappa shape index (κ2) is 5.18. The van der Waals surface area contributed by atoms with Gasteiger partial charge in [0.05, 0.1) is 6.33 Å². The van der Waals surface area contributed by atoms with Crippen molar-refractivity contribution in [3.05, 3.63) is 17.7 Å². The number of carbonyl (C=O) groups excluding carboxylic acids is 1. The molecule has 1 aliphatic rings. The number of likely N-dealkylation sites (tertiary alicyclic amines) is 1. The number of carboxylic acid groups (broad SMARTS) is 1. The van der Waals surface area contributed by atoms with Gasteiger partial charge in [-0.05, 0) is 18.8 Å². The number of piperidine rings is 1. The number of nitrogens with one attached hydrogen (secondary N) is 1. The first kappa shape index (κ1) is 12.6. The first-order valence-corrected chi connectivity index (χ1v) is 5.80. The van der Waals surface area contributed by atoms with Gasteiger partial charge >= 0.3 is 5.97 Å². The maximum Gasteiger partial charge on any atom is 0.354 e. The lowest BCUT2D eigenvalue weighted by atomic mass is 9.99. The molecule has 1 amide bonds. The lowest BCUT2D eigenvalue weighted by Gasteiger charge is -2.31. The summed E-state index contributed by atoms with van der Waals surface area (Å²) < 4.78 is 0. The summed E-state index contributed by atoms with van der Waals surface area (Å²) in [7, 11) is 0. The fraction of sp³-hybridized carbons (Fsp3) is 0.545. The Morgan fingerprint density at radius 2 is 2.33 bits per heavy atom. The van der Waals surface area contributed by atoms with Crippen LogP contribution in [0.3, 0.4) is 0 Å². The van der Waals surface area contributed by atoms with E-state index < -0.39 is 11.9 Å². The standard InChI is InChI=1S/C11H15N3O4/c15-5-7-2-1-3-14(4-7)10(16)8-9(11(17)18)13-6-12-8/h6-7,15H,1-5H2,(H,12,13)(H,17,18). The van der Waals surface area contributed by atoms with Crippen LogP contribution in [0, 0.1) is 5.92 Å². The van der Waals surface area contributed by atoms with E-state index in [1.165, 1.54) is 6.33 Å². The van der Waals surface area contributed by atoms with Gasteiger partial charge in [0.1, 0.15) is 0 Å². The van der Waals surface area contributed by atoms with Crippen LogP contribution >= 0.6 is 0 Å². The van der Waals surface area contributed by atoms with Gasteiger partial charge in [-0.25, -0.2) is 9.78 Å². The molecule has 1 atom stereocenters.